The molecule has 1 aliphatic heterocycles. The number of anilines is 1. The highest BCUT2D eigenvalue weighted by Gasteiger charge is 2.23. The molecule has 2 N–H and O–H groups in total. The lowest BCUT2D eigenvalue weighted by atomic mass is 10.2. The van der Waals surface area contributed by atoms with Crippen LogP contribution in [0.5, 0.6) is 0 Å². The van der Waals surface area contributed by atoms with Gasteiger partial charge in [0, 0.05) is 18.8 Å². The summed E-state index contributed by atoms with van der Waals surface area (Å²) >= 11 is 0. The topological polar surface area (TPSA) is 84.5 Å². The van der Waals surface area contributed by atoms with Gasteiger partial charge in [-0.2, -0.15) is 0 Å². The summed E-state index contributed by atoms with van der Waals surface area (Å²) in [6, 6.07) is 15.4. The number of amides is 1. The predicted molar refractivity (Wildman–Crippen MR) is 94.5 cm³/mol. The van der Waals surface area contributed by atoms with Crippen LogP contribution in [-0.4, -0.2) is 27.0 Å². The van der Waals surface area contributed by atoms with Crippen LogP contribution in [-0.2, 0) is 26.1 Å². The average Bonchev–Trinajstić information content (AvgIpc) is 3.16. The monoisotopic (exact) mass is 360 g/mol. The van der Waals surface area contributed by atoms with Crippen LogP contribution in [0, 0.1) is 0 Å². The SMILES string of the molecule is O=C(Nc1ccc(S(=O)(=O)NCc2ccccc2)cc1)C1CCCO1. The molecule has 1 saturated heterocycles. The zero-order valence-electron chi connectivity index (χ0n) is 13.6. The minimum Gasteiger partial charge on any atom is -0.368 e. The molecule has 1 unspecified atom stereocenters. The largest absolute Gasteiger partial charge is 0.368 e. The maximum Gasteiger partial charge on any atom is 0.253 e. The van der Waals surface area contributed by atoms with Crippen LogP contribution in [0.3, 0.4) is 0 Å². The van der Waals surface area contributed by atoms with E-state index in [2.05, 4.69) is 10.0 Å². The van der Waals surface area contributed by atoms with Crippen molar-refractivity contribution in [2.45, 2.75) is 30.4 Å². The Hall–Kier alpha value is -2.22. The van der Waals surface area contributed by atoms with E-state index in [-0.39, 0.29) is 17.3 Å². The van der Waals surface area contributed by atoms with Crippen molar-refractivity contribution in [1.82, 2.24) is 4.72 Å². The Morgan fingerprint density at radius 3 is 2.44 bits per heavy atom. The molecule has 3 rings (SSSR count). The number of sulfonamides is 1. The summed E-state index contributed by atoms with van der Waals surface area (Å²) in [5, 5.41) is 2.74. The minimum absolute atomic E-state index is 0.151. The molecule has 1 amide bonds. The maximum absolute atomic E-state index is 12.3. The fraction of sp³-hybridized carbons (Fsp3) is 0.278. The first-order chi connectivity index (χ1) is 12.0. The fourth-order valence-electron chi connectivity index (χ4n) is 2.58. The Labute approximate surface area is 147 Å². The number of rotatable bonds is 6. The van der Waals surface area contributed by atoms with Crippen molar-refractivity contribution in [3.05, 3.63) is 60.2 Å². The highest BCUT2D eigenvalue weighted by atomic mass is 32.2. The molecular formula is C18H20N2O4S. The van der Waals surface area contributed by atoms with Crippen molar-refractivity contribution in [3.8, 4) is 0 Å². The quantitative estimate of drug-likeness (QED) is 0.828. The third kappa shape index (κ3) is 4.66. The summed E-state index contributed by atoms with van der Waals surface area (Å²) in [6.45, 7) is 0.822. The molecule has 0 aromatic heterocycles. The van der Waals surface area contributed by atoms with Gasteiger partial charge in [0.1, 0.15) is 6.10 Å². The second-order valence-electron chi connectivity index (χ2n) is 5.83. The van der Waals surface area contributed by atoms with E-state index >= 15 is 0 Å². The molecule has 2 aromatic rings. The van der Waals surface area contributed by atoms with Crippen LogP contribution in [0.25, 0.3) is 0 Å². The van der Waals surface area contributed by atoms with Crippen molar-refractivity contribution in [3.63, 3.8) is 0 Å². The summed E-state index contributed by atoms with van der Waals surface area (Å²) in [6.07, 6.45) is 1.17. The van der Waals surface area contributed by atoms with Gasteiger partial charge in [0.25, 0.3) is 5.91 Å². The van der Waals surface area contributed by atoms with Gasteiger partial charge in [0.15, 0.2) is 0 Å². The van der Waals surface area contributed by atoms with Crippen molar-refractivity contribution >= 4 is 21.6 Å². The Bertz CT molecular complexity index is 814. The number of carbonyl (C=O) groups is 1. The number of ether oxygens (including phenoxy) is 1. The zero-order chi connectivity index (χ0) is 17.7. The molecule has 25 heavy (non-hydrogen) atoms. The van der Waals surface area contributed by atoms with E-state index in [0.717, 1.165) is 12.0 Å². The number of hydrogen-bond acceptors (Lipinski definition) is 4. The van der Waals surface area contributed by atoms with Crippen LogP contribution in [0.1, 0.15) is 18.4 Å². The van der Waals surface area contributed by atoms with Gasteiger partial charge >= 0.3 is 0 Å². The van der Waals surface area contributed by atoms with Crippen molar-refractivity contribution in [2.24, 2.45) is 0 Å². The van der Waals surface area contributed by atoms with Crippen molar-refractivity contribution < 1.29 is 17.9 Å². The van der Waals surface area contributed by atoms with Crippen molar-refractivity contribution in [1.29, 1.82) is 0 Å². The van der Waals surface area contributed by atoms with E-state index < -0.39 is 16.1 Å². The molecule has 7 heteroatoms. The second-order valence-corrected chi connectivity index (χ2v) is 7.59. The lowest BCUT2D eigenvalue weighted by Crippen LogP contribution is -2.27. The molecule has 6 nitrogen and oxygen atoms in total. The summed E-state index contributed by atoms with van der Waals surface area (Å²) in [5.74, 6) is -0.199. The van der Waals surface area contributed by atoms with Gasteiger partial charge in [-0.1, -0.05) is 30.3 Å². The zero-order valence-corrected chi connectivity index (χ0v) is 14.5. The fourth-order valence-corrected chi connectivity index (χ4v) is 3.60. The van der Waals surface area contributed by atoms with E-state index in [4.69, 9.17) is 4.74 Å². The first kappa shape index (κ1) is 17.6. The Balaban J connectivity index is 1.61. The second kappa shape index (κ2) is 7.77. The molecule has 2 aromatic carbocycles. The summed E-state index contributed by atoms with van der Waals surface area (Å²) in [4.78, 5) is 12.1. The first-order valence-electron chi connectivity index (χ1n) is 8.11. The van der Waals surface area contributed by atoms with Crippen LogP contribution < -0.4 is 10.0 Å². The van der Waals surface area contributed by atoms with E-state index in [1.165, 1.54) is 12.1 Å². The van der Waals surface area contributed by atoms with Gasteiger partial charge < -0.3 is 10.1 Å². The molecule has 0 spiro atoms. The first-order valence-corrected chi connectivity index (χ1v) is 9.59. The molecule has 1 aliphatic rings. The molecule has 1 heterocycles. The maximum atomic E-state index is 12.3. The Morgan fingerprint density at radius 1 is 1.08 bits per heavy atom. The molecule has 0 saturated carbocycles. The Kier molecular flexibility index (Phi) is 5.47. The molecule has 132 valence electrons. The van der Waals surface area contributed by atoms with Gasteiger partial charge in [-0.15, -0.1) is 0 Å². The third-order valence-corrected chi connectivity index (χ3v) is 5.38. The smallest absolute Gasteiger partial charge is 0.253 e. The van der Waals surface area contributed by atoms with Crippen LogP contribution in [0.15, 0.2) is 59.5 Å². The third-order valence-electron chi connectivity index (χ3n) is 3.96. The summed E-state index contributed by atoms with van der Waals surface area (Å²) in [5.41, 5.74) is 1.43. The highest BCUT2D eigenvalue weighted by molar-refractivity contribution is 7.89. The summed E-state index contributed by atoms with van der Waals surface area (Å²) in [7, 11) is -3.61. The number of benzene rings is 2. The van der Waals surface area contributed by atoms with E-state index in [0.29, 0.717) is 18.7 Å². The highest BCUT2D eigenvalue weighted by Crippen LogP contribution is 2.17. The lowest BCUT2D eigenvalue weighted by molar-refractivity contribution is -0.124. The minimum atomic E-state index is -3.61. The van der Waals surface area contributed by atoms with Crippen LogP contribution >= 0.6 is 0 Å². The Morgan fingerprint density at radius 2 is 1.80 bits per heavy atom. The van der Waals surface area contributed by atoms with Crippen LogP contribution in [0.2, 0.25) is 0 Å². The number of carbonyl (C=O) groups excluding carboxylic acids is 1. The standard InChI is InChI=1S/C18H20N2O4S/c21-18(17-7-4-12-24-17)20-15-8-10-16(11-9-15)25(22,23)19-13-14-5-2-1-3-6-14/h1-3,5-6,8-11,17,19H,4,7,12-13H2,(H,20,21). The van der Waals surface area contributed by atoms with Gasteiger partial charge in [-0.05, 0) is 42.7 Å². The molecule has 0 aliphatic carbocycles. The van der Waals surface area contributed by atoms with E-state index in [1.807, 2.05) is 30.3 Å². The van der Waals surface area contributed by atoms with E-state index in [9.17, 15) is 13.2 Å². The molecule has 1 atom stereocenters. The molecule has 0 radical (unpaired) electrons. The van der Waals surface area contributed by atoms with Gasteiger partial charge in [0.05, 0.1) is 4.90 Å². The predicted octanol–water partition coefficient (Wildman–Crippen LogP) is 2.28. The summed E-state index contributed by atoms with van der Waals surface area (Å²) < 4.78 is 32.5. The number of nitrogens with one attached hydrogen (secondary N) is 2. The number of hydrogen-bond donors (Lipinski definition) is 2. The van der Waals surface area contributed by atoms with Crippen molar-refractivity contribution in [2.75, 3.05) is 11.9 Å². The van der Waals surface area contributed by atoms with E-state index in [1.54, 1.807) is 12.1 Å². The van der Waals surface area contributed by atoms with Gasteiger partial charge in [0.2, 0.25) is 10.0 Å². The average molecular weight is 360 g/mol. The molecule has 1 fully saturated rings. The van der Waals surface area contributed by atoms with Gasteiger partial charge in [-0.3, -0.25) is 4.79 Å². The molecular weight excluding hydrogens is 340 g/mol. The molecule has 0 bridgehead atoms. The lowest BCUT2D eigenvalue weighted by Gasteiger charge is -2.11. The normalized spacial score (nSPS) is 17.4. The van der Waals surface area contributed by atoms with Crippen LogP contribution in [0.4, 0.5) is 5.69 Å². The van der Waals surface area contributed by atoms with Gasteiger partial charge in [-0.25, -0.2) is 13.1 Å².